The Balaban J connectivity index is 2.01. The summed E-state index contributed by atoms with van der Waals surface area (Å²) >= 11 is 0. The highest BCUT2D eigenvalue weighted by molar-refractivity contribution is 5.88. The number of aliphatic carboxylic acids is 1. The third-order valence-corrected chi connectivity index (χ3v) is 2.43. The number of para-hydroxylation sites is 3. The Morgan fingerprint density at radius 2 is 1.67 bits per heavy atom. The fourth-order valence-electron chi connectivity index (χ4n) is 1.57. The topological polar surface area (TPSA) is 84.9 Å². The average molecular weight is 287 g/mol. The number of carboxylic acids is 1. The summed E-state index contributed by atoms with van der Waals surface area (Å²) in [7, 11) is 0. The molecular formula is C15H13NO5. The first-order valence-corrected chi connectivity index (χ1v) is 6.12. The fourth-order valence-corrected chi connectivity index (χ4v) is 1.57. The van der Waals surface area contributed by atoms with E-state index in [1.807, 2.05) is 0 Å². The first-order chi connectivity index (χ1) is 10.1. The van der Waals surface area contributed by atoms with Crippen LogP contribution in [-0.2, 0) is 4.79 Å². The molecule has 0 saturated carbocycles. The van der Waals surface area contributed by atoms with Gasteiger partial charge in [-0.25, -0.2) is 9.59 Å². The van der Waals surface area contributed by atoms with E-state index < -0.39 is 18.7 Å². The van der Waals surface area contributed by atoms with Crippen LogP contribution in [0.3, 0.4) is 0 Å². The van der Waals surface area contributed by atoms with Gasteiger partial charge in [-0.15, -0.1) is 0 Å². The lowest BCUT2D eigenvalue weighted by molar-refractivity contribution is -0.139. The second kappa shape index (κ2) is 6.95. The fraction of sp³-hybridized carbons (Fsp3) is 0.0667. The van der Waals surface area contributed by atoms with E-state index in [1.54, 1.807) is 54.6 Å². The maximum atomic E-state index is 11.8. The van der Waals surface area contributed by atoms with E-state index in [0.717, 1.165) is 0 Å². The lowest BCUT2D eigenvalue weighted by Gasteiger charge is -2.11. The number of hydrogen-bond acceptors (Lipinski definition) is 4. The van der Waals surface area contributed by atoms with Gasteiger partial charge in [0.25, 0.3) is 0 Å². The number of anilines is 1. The lowest BCUT2D eigenvalue weighted by Crippen LogP contribution is -2.18. The SMILES string of the molecule is O=C(O)COc1ccccc1NC(=O)Oc1ccccc1. The Kier molecular flexibility index (Phi) is 4.76. The Bertz CT molecular complexity index is 627. The zero-order valence-electron chi connectivity index (χ0n) is 11.0. The number of hydrogen-bond donors (Lipinski definition) is 2. The summed E-state index contributed by atoms with van der Waals surface area (Å²) in [5, 5.41) is 11.1. The van der Waals surface area contributed by atoms with Crippen LogP contribution in [0.15, 0.2) is 54.6 Å². The van der Waals surface area contributed by atoms with E-state index in [9.17, 15) is 9.59 Å². The third-order valence-electron chi connectivity index (χ3n) is 2.43. The molecule has 1 amide bonds. The van der Waals surface area contributed by atoms with Crippen molar-refractivity contribution in [3.8, 4) is 11.5 Å². The number of carbonyl (C=O) groups excluding carboxylic acids is 1. The molecule has 0 spiro atoms. The number of amides is 1. The summed E-state index contributed by atoms with van der Waals surface area (Å²) in [6.07, 6.45) is -0.687. The minimum Gasteiger partial charge on any atom is -0.480 e. The van der Waals surface area contributed by atoms with Crippen LogP contribution in [-0.4, -0.2) is 23.8 Å². The van der Waals surface area contributed by atoms with Gasteiger partial charge < -0.3 is 14.6 Å². The second-order valence-electron chi connectivity index (χ2n) is 4.01. The third kappa shape index (κ3) is 4.54. The van der Waals surface area contributed by atoms with Crippen molar-refractivity contribution in [2.75, 3.05) is 11.9 Å². The van der Waals surface area contributed by atoms with E-state index in [4.69, 9.17) is 14.6 Å². The number of carboxylic acid groups (broad SMARTS) is 1. The monoisotopic (exact) mass is 287 g/mol. The number of rotatable bonds is 5. The summed E-state index contributed by atoms with van der Waals surface area (Å²) in [5.74, 6) is -0.444. The zero-order chi connectivity index (χ0) is 15.1. The van der Waals surface area contributed by atoms with Crippen molar-refractivity contribution in [2.45, 2.75) is 0 Å². The molecule has 0 aliphatic rings. The molecule has 0 unspecified atom stereocenters. The molecule has 6 heteroatoms. The highest BCUT2D eigenvalue weighted by Gasteiger charge is 2.10. The summed E-state index contributed by atoms with van der Waals surface area (Å²) in [6, 6.07) is 15.1. The first-order valence-electron chi connectivity index (χ1n) is 6.12. The molecule has 0 bridgehead atoms. The normalized spacial score (nSPS) is 9.71. The maximum absolute atomic E-state index is 11.8. The molecule has 0 saturated heterocycles. The van der Waals surface area contributed by atoms with Crippen LogP contribution in [0, 0.1) is 0 Å². The van der Waals surface area contributed by atoms with Crippen LogP contribution in [0.2, 0.25) is 0 Å². The van der Waals surface area contributed by atoms with Gasteiger partial charge in [0.05, 0.1) is 5.69 Å². The molecule has 0 aromatic heterocycles. The van der Waals surface area contributed by atoms with Crippen LogP contribution >= 0.6 is 0 Å². The average Bonchev–Trinajstić information content (AvgIpc) is 2.47. The van der Waals surface area contributed by atoms with Crippen LogP contribution in [0.1, 0.15) is 0 Å². The van der Waals surface area contributed by atoms with Crippen molar-refractivity contribution in [3.63, 3.8) is 0 Å². The Labute approximate surface area is 120 Å². The summed E-state index contributed by atoms with van der Waals surface area (Å²) in [5.41, 5.74) is 0.333. The summed E-state index contributed by atoms with van der Waals surface area (Å²) in [6.45, 7) is -0.494. The van der Waals surface area contributed by atoms with Crippen molar-refractivity contribution in [2.24, 2.45) is 0 Å². The van der Waals surface area contributed by atoms with Gasteiger partial charge in [0, 0.05) is 0 Å². The zero-order valence-corrected chi connectivity index (χ0v) is 11.0. The number of benzene rings is 2. The van der Waals surface area contributed by atoms with Gasteiger partial charge in [0.1, 0.15) is 11.5 Å². The molecule has 0 heterocycles. The molecule has 0 radical (unpaired) electrons. The number of carbonyl (C=O) groups is 2. The minimum absolute atomic E-state index is 0.255. The van der Waals surface area contributed by atoms with Crippen LogP contribution < -0.4 is 14.8 Å². The molecule has 0 fully saturated rings. The van der Waals surface area contributed by atoms with E-state index in [-0.39, 0.29) is 5.75 Å². The molecule has 2 aromatic carbocycles. The molecule has 2 aromatic rings. The standard InChI is InChI=1S/C15H13NO5/c17-14(18)10-20-13-9-5-4-8-12(13)16-15(19)21-11-6-2-1-3-7-11/h1-9H,10H2,(H,16,19)(H,17,18). The maximum Gasteiger partial charge on any atom is 0.417 e. The van der Waals surface area contributed by atoms with Gasteiger partial charge in [-0.05, 0) is 24.3 Å². The van der Waals surface area contributed by atoms with Crippen molar-refractivity contribution >= 4 is 17.7 Å². The molecule has 0 atom stereocenters. The van der Waals surface area contributed by atoms with E-state index in [1.165, 1.54) is 0 Å². The highest BCUT2D eigenvalue weighted by atomic mass is 16.6. The van der Waals surface area contributed by atoms with Gasteiger partial charge in [0.2, 0.25) is 0 Å². The molecule has 2 N–H and O–H groups in total. The van der Waals surface area contributed by atoms with Crippen LogP contribution in [0.25, 0.3) is 0 Å². The minimum atomic E-state index is -1.10. The smallest absolute Gasteiger partial charge is 0.417 e. The molecule has 6 nitrogen and oxygen atoms in total. The van der Waals surface area contributed by atoms with Crippen molar-refractivity contribution < 1.29 is 24.2 Å². The van der Waals surface area contributed by atoms with E-state index >= 15 is 0 Å². The lowest BCUT2D eigenvalue weighted by atomic mass is 10.3. The second-order valence-corrected chi connectivity index (χ2v) is 4.01. The Hall–Kier alpha value is -3.02. The molecular weight excluding hydrogens is 274 g/mol. The van der Waals surface area contributed by atoms with Crippen molar-refractivity contribution in [1.82, 2.24) is 0 Å². The molecule has 108 valence electrons. The molecule has 21 heavy (non-hydrogen) atoms. The van der Waals surface area contributed by atoms with Crippen LogP contribution in [0.4, 0.5) is 10.5 Å². The van der Waals surface area contributed by atoms with E-state index in [2.05, 4.69) is 5.32 Å². The Morgan fingerprint density at radius 3 is 2.38 bits per heavy atom. The largest absolute Gasteiger partial charge is 0.480 e. The number of nitrogens with one attached hydrogen (secondary N) is 1. The molecule has 0 aliphatic carbocycles. The predicted octanol–water partition coefficient (Wildman–Crippen LogP) is 2.76. The van der Waals surface area contributed by atoms with Crippen molar-refractivity contribution in [1.29, 1.82) is 0 Å². The van der Waals surface area contributed by atoms with Gasteiger partial charge in [0.15, 0.2) is 6.61 Å². The quantitative estimate of drug-likeness (QED) is 0.883. The van der Waals surface area contributed by atoms with Gasteiger partial charge in [-0.3, -0.25) is 5.32 Å². The van der Waals surface area contributed by atoms with E-state index in [0.29, 0.717) is 11.4 Å². The van der Waals surface area contributed by atoms with Gasteiger partial charge in [-0.2, -0.15) is 0 Å². The summed E-state index contributed by atoms with van der Waals surface area (Å²) in [4.78, 5) is 22.3. The van der Waals surface area contributed by atoms with Crippen LogP contribution in [0.5, 0.6) is 11.5 Å². The Morgan fingerprint density at radius 1 is 1.00 bits per heavy atom. The molecule has 2 rings (SSSR count). The predicted molar refractivity (Wildman–Crippen MR) is 75.7 cm³/mol. The first kappa shape index (κ1) is 14.4. The summed E-state index contributed by atoms with van der Waals surface area (Å²) < 4.78 is 10.2. The van der Waals surface area contributed by atoms with Gasteiger partial charge in [-0.1, -0.05) is 30.3 Å². The molecule has 0 aliphatic heterocycles. The van der Waals surface area contributed by atoms with Gasteiger partial charge >= 0.3 is 12.1 Å². The number of ether oxygens (including phenoxy) is 2. The highest BCUT2D eigenvalue weighted by Crippen LogP contribution is 2.24. The van der Waals surface area contributed by atoms with Crippen molar-refractivity contribution in [3.05, 3.63) is 54.6 Å².